The Balaban J connectivity index is 0.00000139. The SMILES string of the molecule is CC.CC.CCC[C@@H](C)CNCc1ncc(-c2ccc(-c3ccc4cc(-c5cnc(CN[C@H](CC)CCC)[nH]5)ccc4c3)cc2)[nH]1. The third-order valence-electron chi connectivity index (χ3n) is 8.19. The first-order valence-electron chi connectivity index (χ1n) is 17.7. The maximum absolute atomic E-state index is 4.62. The van der Waals surface area contributed by atoms with Gasteiger partial charge in [0.05, 0.1) is 36.9 Å². The molecule has 6 nitrogen and oxygen atoms in total. The van der Waals surface area contributed by atoms with Crippen molar-refractivity contribution in [2.24, 2.45) is 5.92 Å². The molecule has 3 aromatic carbocycles. The molecule has 5 aromatic rings. The normalized spacial score (nSPS) is 12.2. The van der Waals surface area contributed by atoms with Gasteiger partial charge in [0.15, 0.2) is 0 Å². The lowest BCUT2D eigenvalue weighted by molar-refractivity contribution is 0.457. The molecule has 0 aliphatic heterocycles. The fourth-order valence-electron chi connectivity index (χ4n) is 5.70. The summed E-state index contributed by atoms with van der Waals surface area (Å²) < 4.78 is 0. The van der Waals surface area contributed by atoms with Crippen LogP contribution in [0.3, 0.4) is 0 Å². The van der Waals surface area contributed by atoms with Gasteiger partial charge >= 0.3 is 0 Å². The van der Waals surface area contributed by atoms with Crippen molar-refractivity contribution in [1.82, 2.24) is 30.6 Å². The molecule has 6 heteroatoms. The largest absolute Gasteiger partial charge is 0.341 e. The molecular weight excluding hydrogens is 564 g/mol. The van der Waals surface area contributed by atoms with Gasteiger partial charge in [-0.2, -0.15) is 0 Å². The van der Waals surface area contributed by atoms with E-state index < -0.39 is 0 Å². The van der Waals surface area contributed by atoms with E-state index in [0.717, 1.165) is 60.2 Å². The van der Waals surface area contributed by atoms with Crippen LogP contribution >= 0.6 is 0 Å². The molecule has 0 bridgehead atoms. The summed E-state index contributed by atoms with van der Waals surface area (Å²) in [4.78, 5) is 16.2. The summed E-state index contributed by atoms with van der Waals surface area (Å²) in [6.45, 7) is 19.6. The maximum Gasteiger partial charge on any atom is 0.120 e. The number of hydrogen-bond donors (Lipinski definition) is 4. The molecule has 0 unspecified atom stereocenters. The van der Waals surface area contributed by atoms with Crippen molar-refractivity contribution in [2.45, 2.75) is 107 Å². The molecule has 2 aromatic heterocycles. The van der Waals surface area contributed by atoms with E-state index in [1.807, 2.05) is 40.1 Å². The van der Waals surface area contributed by atoms with Crippen LogP contribution in [0.1, 0.15) is 99.1 Å². The second-order valence-electron chi connectivity index (χ2n) is 11.6. The van der Waals surface area contributed by atoms with E-state index in [4.69, 9.17) is 0 Å². The number of nitrogens with one attached hydrogen (secondary N) is 4. The number of nitrogens with zero attached hydrogens (tertiary/aromatic N) is 2. The van der Waals surface area contributed by atoms with Crippen LogP contribution in [0, 0.1) is 5.92 Å². The Morgan fingerprint density at radius 2 is 1.15 bits per heavy atom. The van der Waals surface area contributed by atoms with E-state index in [9.17, 15) is 0 Å². The van der Waals surface area contributed by atoms with Crippen molar-refractivity contribution in [2.75, 3.05) is 6.54 Å². The highest BCUT2D eigenvalue weighted by molar-refractivity contribution is 5.90. The molecule has 4 N–H and O–H groups in total. The number of rotatable bonds is 15. The van der Waals surface area contributed by atoms with Crippen LogP contribution in [-0.4, -0.2) is 32.5 Å². The van der Waals surface area contributed by atoms with Gasteiger partial charge in [0.1, 0.15) is 11.6 Å². The molecule has 248 valence electrons. The lowest BCUT2D eigenvalue weighted by Crippen LogP contribution is -2.28. The van der Waals surface area contributed by atoms with Gasteiger partial charge in [-0.1, -0.05) is 117 Å². The molecule has 0 fully saturated rings. The summed E-state index contributed by atoms with van der Waals surface area (Å²) in [7, 11) is 0. The highest BCUT2D eigenvalue weighted by Gasteiger charge is 2.10. The summed E-state index contributed by atoms with van der Waals surface area (Å²) >= 11 is 0. The van der Waals surface area contributed by atoms with Gasteiger partial charge in [-0.3, -0.25) is 0 Å². The molecule has 0 aliphatic rings. The van der Waals surface area contributed by atoms with E-state index in [2.05, 4.69) is 119 Å². The third-order valence-corrected chi connectivity index (χ3v) is 8.19. The first kappa shape index (κ1) is 36.7. The van der Waals surface area contributed by atoms with Crippen molar-refractivity contribution in [3.8, 4) is 33.6 Å². The standard InChI is InChI=1S/C36H46N6.2C2H6/c1-5-8-25(4)20-37-23-35-39-21-33(41-35)27-12-10-26(11-13-27)28-14-15-30-19-31(17-16-29(30)18-28)34-22-40-36(42-34)24-38-32(7-3)9-6-2;2*1-2/h10-19,21-22,25,32,37-38H,5-9,20,23-24H2,1-4H3,(H,39,41)(H,40,42);2*1-2H3/t25-,32-;;/m1../s1. The number of fused-ring (bicyclic) bond motifs is 1. The Kier molecular flexibility index (Phi) is 15.7. The van der Waals surface area contributed by atoms with Gasteiger partial charge in [0.25, 0.3) is 0 Å². The predicted octanol–water partition coefficient (Wildman–Crippen LogP) is 10.5. The summed E-state index contributed by atoms with van der Waals surface area (Å²) in [5.74, 6) is 2.65. The third kappa shape index (κ3) is 10.4. The first-order valence-corrected chi connectivity index (χ1v) is 17.7. The minimum absolute atomic E-state index is 0.546. The molecule has 46 heavy (non-hydrogen) atoms. The summed E-state index contributed by atoms with van der Waals surface area (Å²) in [6.07, 6.45) is 9.90. The second-order valence-corrected chi connectivity index (χ2v) is 11.6. The summed E-state index contributed by atoms with van der Waals surface area (Å²) in [5.41, 5.74) is 6.83. The number of aromatic amines is 2. The van der Waals surface area contributed by atoms with Crippen molar-refractivity contribution < 1.29 is 0 Å². The molecule has 2 atom stereocenters. The molecule has 2 heterocycles. The molecule has 0 saturated carbocycles. The van der Waals surface area contributed by atoms with Crippen LogP contribution in [0.25, 0.3) is 44.4 Å². The summed E-state index contributed by atoms with van der Waals surface area (Å²) in [5, 5.41) is 9.60. The highest BCUT2D eigenvalue weighted by Crippen LogP contribution is 2.29. The van der Waals surface area contributed by atoms with Gasteiger partial charge in [0, 0.05) is 11.6 Å². The van der Waals surface area contributed by atoms with Crippen LogP contribution in [0.5, 0.6) is 0 Å². The molecule has 0 aliphatic carbocycles. The van der Waals surface area contributed by atoms with Crippen molar-refractivity contribution in [1.29, 1.82) is 0 Å². The fraction of sp³-hybridized carbons (Fsp3) is 0.450. The first-order chi connectivity index (χ1) is 22.6. The van der Waals surface area contributed by atoms with Crippen LogP contribution < -0.4 is 10.6 Å². The zero-order chi connectivity index (χ0) is 33.3. The number of benzene rings is 3. The Bertz CT molecular complexity index is 1550. The number of imidazole rings is 2. The molecule has 5 rings (SSSR count). The molecule has 0 amide bonds. The summed E-state index contributed by atoms with van der Waals surface area (Å²) in [6, 6.07) is 22.6. The van der Waals surface area contributed by atoms with Gasteiger partial charge in [-0.05, 0) is 71.3 Å². The Labute approximate surface area is 278 Å². The minimum atomic E-state index is 0.546. The van der Waals surface area contributed by atoms with Crippen molar-refractivity contribution in [3.05, 3.63) is 84.7 Å². The average molecular weight is 623 g/mol. The average Bonchev–Trinajstić information content (AvgIpc) is 3.79. The Hall–Kier alpha value is -3.74. The maximum atomic E-state index is 4.62. The van der Waals surface area contributed by atoms with E-state index >= 15 is 0 Å². The quantitative estimate of drug-likeness (QED) is 0.0936. The zero-order valence-electron chi connectivity index (χ0n) is 29.6. The topological polar surface area (TPSA) is 81.4 Å². The zero-order valence-corrected chi connectivity index (χ0v) is 29.6. The van der Waals surface area contributed by atoms with Gasteiger partial charge in [0.2, 0.25) is 0 Å². The van der Waals surface area contributed by atoms with E-state index in [1.165, 1.54) is 47.6 Å². The highest BCUT2D eigenvalue weighted by atomic mass is 15.0. The van der Waals surface area contributed by atoms with E-state index in [-0.39, 0.29) is 0 Å². The van der Waals surface area contributed by atoms with Gasteiger partial charge in [-0.25, -0.2) is 9.97 Å². The minimum Gasteiger partial charge on any atom is -0.341 e. The molecule has 0 spiro atoms. The smallest absolute Gasteiger partial charge is 0.120 e. The number of aromatic nitrogens is 4. The molecule has 0 radical (unpaired) electrons. The molecular formula is C40H58N6. The van der Waals surface area contributed by atoms with Crippen LogP contribution in [-0.2, 0) is 13.1 Å². The monoisotopic (exact) mass is 622 g/mol. The Morgan fingerprint density at radius 1 is 0.630 bits per heavy atom. The van der Waals surface area contributed by atoms with E-state index in [1.54, 1.807) is 0 Å². The fourth-order valence-corrected chi connectivity index (χ4v) is 5.70. The second kappa shape index (κ2) is 19.7. The van der Waals surface area contributed by atoms with Crippen LogP contribution in [0.4, 0.5) is 0 Å². The number of hydrogen-bond acceptors (Lipinski definition) is 4. The van der Waals surface area contributed by atoms with Gasteiger partial charge in [-0.15, -0.1) is 0 Å². The number of H-pyrrole nitrogens is 2. The molecule has 0 saturated heterocycles. The van der Waals surface area contributed by atoms with Crippen molar-refractivity contribution >= 4 is 10.8 Å². The van der Waals surface area contributed by atoms with Crippen LogP contribution in [0.2, 0.25) is 0 Å². The predicted molar refractivity (Wildman–Crippen MR) is 199 cm³/mol. The lowest BCUT2D eigenvalue weighted by Gasteiger charge is -2.14. The lowest BCUT2D eigenvalue weighted by atomic mass is 9.98. The Morgan fingerprint density at radius 3 is 1.76 bits per heavy atom. The van der Waals surface area contributed by atoms with Crippen molar-refractivity contribution in [3.63, 3.8) is 0 Å². The van der Waals surface area contributed by atoms with Gasteiger partial charge < -0.3 is 20.6 Å². The van der Waals surface area contributed by atoms with Crippen LogP contribution in [0.15, 0.2) is 73.1 Å². The van der Waals surface area contributed by atoms with E-state index in [0.29, 0.717) is 12.0 Å².